The lowest BCUT2D eigenvalue weighted by Gasteiger charge is -2.26. The van der Waals surface area contributed by atoms with Crippen molar-refractivity contribution in [1.29, 1.82) is 0 Å². The third kappa shape index (κ3) is 6.26. The van der Waals surface area contributed by atoms with E-state index in [9.17, 15) is 36.2 Å². The minimum Gasteiger partial charge on any atom is -0.481 e. The number of pyridine rings is 1. The largest absolute Gasteiger partial charge is 0.481 e. The van der Waals surface area contributed by atoms with Gasteiger partial charge < -0.3 is 14.6 Å². The predicted octanol–water partition coefficient (Wildman–Crippen LogP) is 9.40. The number of cyclic esters (lactones) is 1. The van der Waals surface area contributed by atoms with Crippen LogP contribution in [0.5, 0.6) is 5.88 Å². The minimum absolute atomic E-state index is 0.145. The molecule has 250 valence electrons. The molecular formula is C35H29F6N2O4P. The lowest BCUT2D eigenvalue weighted by atomic mass is 9.89. The van der Waals surface area contributed by atoms with Gasteiger partial charge in [-0.2, -0.15) is 22.0 Å². The van der Waals surface area contributed by atoms with E-state index in [0.717, 1.165) is 30.3 Å². The topological polar surface area (TPSA) is 71.9 Å². The lowest BCUT2D eigenvalue weighted by molar-refractivity contribution is -0.137. The number of alkyl halides is 5. The molecule has 3 aromatic carbocycles. The first kappa shape index (κ1) is 33.5. The molecule has 2 atom stereocenters. The Hall–Kier alpha value is -4.41. The number of aliphatic hydroxyl groups excluding tert-OH is 1. The molecule has 6 rings (SSSR count). The van der Waals surface area contributed by atoms with E-state index in [1.807, 2.05) is 0 Å². The van der Waals surface area contributed by atoms with Crippen molar-refractivity contribution in [2.24, 2.45) is 0 Å². The van der Waals surface area contributed by atoms with Crippen LogP contribution in [-0.4, -0.2) is 46.3 Å². The molecule has 0 unspecified atom stereocenters. The summed E-state index contributed by atoms with van der Waals surface area (Å²) in [6.45, 7) is 3.63. The molecule has 2 aliphatic rings. The summed E-state index contributed by atoms with van der Waals surface area (Å²) < 4.78 is 96.0. The molecule has 1 aromatic heterocycles. The molecule has 4 aromatic rings. The minimum atomic E-state index is -4.62. The van der Waals surface area contributed by atoms with Crippen molar-refractivity contribution >= 4 is 19.8 Å². The van der Waals surface area contributed by atoms with Gasteiger partial charge in [-0.05, 0) is 97.0 Å². The number of ether oxygens (including phenoxy) is 2. The molecule has 0 radical (unpaired) electrons. The Morgan fingerprint density at radius 3 is 2.38 bits per heavy atom. The maximum Gasteiger partial charge on any atom is 0.416 e. The Labute approximate surface area is 273 Å². The fourth-order valence-electron chi connectivity index (χ4n) is 6.56. The van der Waals surface area contributed by atoms with Gasteiger partial charge in [0.25, 0.3) is 0 Å². The van der Waals surface area contributed by atoms with E-state index in [-0.39, 0.29) is 29.7 Å². The number of benzene rings is 3. The molecule has 0 aliphatic carbocycles. The fraction of sp³-hybridized carbons (Fsp3) is 0.286. The van der Waals surface area contributed by atoms with Gasteiger partial charge in [-0.25, -0.2) is 14.2 Å². The average molecular weight is 687 g/mol. The molecular weight excluding hydrogens is 657 g/mol. The molecule has 1 N–H and O–H groups in total. The van der Waals surface area contributed by atoms with E-state index in [2.05, 4.69) is 4.98 Å². The molecule has 2 aliphatic heterocycles. The molecule has 2 saturated heterocycles. The van der Waals surface area contributed by atoms with Crippen LogP contribution in [0.1, 0.15) is 52.3 Å². The zero-order valence-electron chi connectivity index (χ0n) is 25.9. The summed E-state index contributed by atoms with van der Waals surface area (Å²) in [5.41, 5.74) is -1.97. The third-order valence-electron chi connectivity index (χ3n) is 8.68. The van der Waals surface area contributed by atoms with E-state index < -0.39 is 54.6 Å². The molecule has 1 amide bonds. The second-order valence-electron chi connectivity index (χ2n) is 11.8. The van der Waals surface area contributed by atoms with Crippen LogP contribution >= 0.6 is 8.20 Å². The summed E-state index contributed by atoms with van der Waals surface area (Å²) in [5, 5.41) is 10.7. The van der Waals surface area contributed by atoms with Crippen molar-refractivity contribution in [3.8, 4) is 28.1 Å². The quantitative estimate of drug-likeness (QED) is 0.155. The van der Waals surface area contributed by atoms with Gasteiger partial charge in [0.15, 0.2) is 0 Å². The highest BCUT2D eigenvalue weighted by Crippen LogP contribution is 2.47. The Kier molecular flexibility index (Phi) is 8.76. The summed E-state index contributed by atoms with van der Waals surface area (Å²) >= 11 is 0. The standard InChI is InChI=1S/C35H29F6N2O4P/c1-18-11-20(32(44)48-35(40,41)23-5-4-6-24(36)14-23)12-19(2)30(18)21-13-28(31(46-3)42-16-21)26-9-7-22(34(37,38)39)15-27(26)29-10-8-25-17-47-33(45)43(25)29/h4-7,9,11-16,25,29,44H,8,10,17H2,1-3H3/t25-,29-/m0/s1. The number of amides is 1. The number of carbonyl (C=O) groups is 1. The number of hydrogen-bond acceptors (Lipinski definition) is 4. The van der Waals surface area contributed by atoms with Crippen molar-refractivity contribution in [3.05, 3.63) is 106 Å². The maximum atomic E-state index is 15.0. The number of aliphatic hydroxyl groups is 1. The van der Waals surface area contributed by atoms with Gasteiger partial charge in [0, 0.05) is 36.7 Å². The number of hydrogen-bond donors (Lipinski definition) is 1. The highest BCUT2D eigenvalue weighted by atomic mass is 31.1. The normalized spacial score (nSPS) is 18.2. The van der Waals surface area contributed by atoms with Crippen molar-refractivity contribution in [3.63, 3.8) is 0 Å². The van der Waals surface area contributed by atoms with E-state index >= 15 is 0 Å². The molecule has 2 fully saturated rings. The molecule has 0 bridgehead atoms. The van der Waals surface area contributed by atoms with Crippen molar-refractivity contribution in [2.75, 3.05) is 13.7 Å². The van der Waals surface area contributed by atoms with E-state index in [0.29, 0.717) is 46.2 Å². The summed E-state index contributed by atoms with van der Waals surface area (Å²) in [6.07, 6.45) is -2.65. The number of methoxy groups -OCH3 is 1. The smallest absolute Gasteiger partial charge is 0.416 e. The van der Waals surface area contributed by atoms with Crippen LogP contribution in [0.25, 0.3) is 22.3 Å². The van der Waals surface area contributed by atoms with E-state index in [4.69, 9.17) is 9.47 Å². The molecule has 3 heterocycles. The number of rotatable bonds is 7. The summed E-state index contributed by atoms with van der Waals surface area (Å²) in [5.74, 6) is -0.672. The number of halogens is 6. The number of nitrogens with zero attached hydrogens (tertiary/aromatic N) is 2. The molecule has 48 heavy (non-hydrogen) atoms. The third-order valence-corrected chi connectivity index (χ3v) is 9.69. The van der Waals surface area contributed by atoms with Gasteiger partial charge in [0.05, 0.1) is 24.8 Å². The van der Waals surface area contributed by atoms with Crippen LogP contribution in [0.4, 0.5) is 31.1 Å². The Balaban J connectivity index is 1.43. The van der Waals surface area contributed by atoms with Crippen molar-refractivity contribution < 1.29 is 45.7 Å². The first-order valence-electron chi connectivity index (χ1n) is 14.9. The van der Waals surface area contributed by atoms with Gasteiger partial charge in [0.2, 0.25) is 5.88 Å². The lowest BCUT2D eigenvalue weighted by Crippen LogP contribution is -2.30. The van der Waals surface area contributed by atoms with E-state index in [1.165, 1.54) is 42.5 Å². The van der Waals surface area contributed by atoms with Gasteiger partial charge in [0.1, 0.15) is 17.9 Å². The zero-order valence-corrected chi connectivity index (χ0v) is 26.8. The van der Waals surface area contributed by atoms with Crippen LogP contribution in [-0.2, 0) is 16.6 Å². The van der Waals surface area contributed by atoms with Crippen molar-refractivity contribution in [2.45, 2.75) is 50.6 Å². The average Bonchev–Trinajstić information content (AvgIpc) is 3.62. The van der Waals surface area contributed by atoms with Crippen LogP contribution in [0.3, 0.4) is 0 Å². The monoisotopic (exact) mass is 686 g/mol. The second kappa shape index (κ2) is 12.6. The predicted molar refractivity (Wildman–Crippen MR) is 168 cm³/mol. The molecule has 13 heteroatoms. The molecule has 6 nitrogen and oxygen atoms in total. The van der Waals surface area contributed by atoms with Crippen LogP contribution in [0, 0.1) is 19.7 Å². The second-order valence-corrected chi connectivity index (χ2v) is 13.0. The Bertz CT molecular complexity index is 1920. The number of aryl methyl sites for hydroxylation is 2. The summed E-state index contributed by atoms with van der Waals surface area (Å²) in [4.78, 5) is 18.6. The number of carbonyl (C=O) groups excluding carboxylic acids is 1. The zero-order chi connectivity index (χ0) is 34.5. The SMILES string of the molecule is COc1ncc(-c2c(C)cc(/C(O)=P\C(F)(F)c3cccc(F)c3)cc2C)cc1-c1ccc(C(F)(F)F)cc1[C@@H]1CC[C@H]2COC(=O)N21. The van der Waals surface area contributed by atoms with Crippen LogP contribution in [0.15, 0.2) is 66.9 Å². The Morgan fingerprint density at radius 1 is 0.979 bits per heavy atom. The summed E-state index contributed by atoms with van der Waals surface area (Å²) in [6, 6.07) is 11.3. The number of fused-ring (bicyclic) bond motifs is 1. The van der Waals surface area contributed by atoms with Crippen LogP contribution in [0.2, 0.25) is 0 Å². The Morgan fingerprint density at radius 2 is 1.71 bits per heavy atom. The van der Waals surface area contributed by atoms with Crippen LogP contribution < -0.4 is 4.74 Å². The molecule has 0 spiro atoms. The fourth-order valence-corrected chi connectivity index (χ4v) is 7.35. The summed E-state index contributed by atoms with van der Waals surface area (Å²) in [7, 11) is 0.654. The van der Waals surface area contributed by atoms with Crippen molar-refractivity contribution in [1.82, 2.24) is 9.88 Å². The maximum absolute atomic E-state index is 15.0. The first-order valence-corrected chi connectivity index (χ1v) is 15.8. The van der Waals surface area contributed by atoms with Gasteiger partial charge in [-0.1, -0.05) is 18.2 Å². The van der Waals surface area contributed by atoms with Gasteiger partial charge >= 0.3 is 17.9 Å². The van der Waals surface area contributed by atoms with Gasteiger partial charge in [-0.15, -0.1) is 0 Å². The van der Waals surface area contributed by atoms with Gasteiger partial charge in [-0.3, -0.25) is 4.90 Å². The highest BCUT2D eigenvalue weighted by molar-refractivity contribution is 7.41. The molecule has 0 saturated carbocycles. The van der Waals surface area contributed by atoms with E-state index in [1.54, 1.807) is 19.9 Å². The first-order chi connectivity index (χ1) is 22.7. The number of aromatic nitrogens is 1. The highest BCUT2D eigenvalue weighted by Gasteiger charge is 2.45.